The summed E-state index contributed by atoms with van der Waals surface area (Å²) in [7, 11) is 0. The van der Waals surface area contributed by atoms with Crippen LogP contribution in [0.2, 0.25) is 5.02 Å². The van der Waals surface area contributed by atoms with Gasteiger partial charge in [-0.1, -0.05) is 31.9 Å². The Balaban J connectivity index is 1.88. The number of anilines is 1. The van der Waals surface area contributed by atoms with Crippen molar-refractivity contribution in [3.63, 3.8) is 0 Å². The van der Waals surface area contributed by atoms with E-state index in [0.29, 0.717) is 41.7 Å². The van der Waals surface area contributed by atoms with E-state index in [-0.39, 0.29) is 28.4 Å². The SMILES string of the molecule is CC[C@H]1CCN(C(=O)c2c(F)c(Cl)cc([C@H](C)c3nc(C)c4c(N)nccn34)c2OC(C)C)C1. The number of hydrogen-bond acceptors (Lipinski definition) is 5. The third-order valence-electron chi connectivity index (χ3n) is 6.56. The number of nitrogens with zero attached hydrogens (tertiary/aromatic N) is 4. The molecule has 7 nitrogen and oxygen atoms in total. The Hall–Kier alpha value is -2.87. The molecule has 2 aromatic heterocycles. The molecule has 34 heavy (non-hydrogen) atoms. The molecule has 2 N–H and O–H groups in total. The molecule has 2 atom stereocenters. The molecule has 0 spiro atoms. The van der Waals surface area contributed by atoms with Gasteiger partial charge in [0.05, 0.1) is 16.8 Å². The molecule has 3 heterocycles. The second-order valence-electron chi connectivity index (χ2n) is 9.25. The van der Waals surface area contributed by atoms with Crippen molar-refractivity contribution in [2.45, 2.75) is 59.5 Å². The summed E-state index contributed by atoms with van der Waals surface area (Å²) in [4.78, 5) is 24.1. The van der Waals surface area contributed by atoms with Crippen LogP contribution in [-0.4, -0.2) is 44.4 Å². The van der Waals surface area contributed by atoms with Gasteiger partial charge in [-0.25, -0.2) is 14.4 Å². The van der Waals surface area contributed by atoms with Crippen LogP contribution in [0.5, 0.6) is 5.75 Å². The number of imidazole rings is 1. The number of aryl methyl sites for hydroxylation is 1. The molecule has 182 valence electrons. The van der Waals surface area contributed by atoms with Crippen LogP contribution in [-0.2, 0) is 0 Å². The number of carbonyl (C=O) groups excluding carboxylic acids is 1. The quantitative estimate of drug-likeness (QED) is 0.515. The Morgan fingerprint density at radius 1 is 1.38 bits per heavy atom. The van der Waals surface area contributed by atoms with E-state index in [1.807, 2.05) is 32.1 Å². The van der Waals surface area contributed by atoms with Crippen molar-refractivity contribution in [1.82, 2.24) is 19.3 Å². The molecule has 9 heteroatoms. The van der Waals surface area contributed by atoms with Crippen LogP contribution < -0.4 is 10.5 Å². The minimum absolute atomic E-state index is 0.112. The number of aromatic nitrogens is 3. The maximum atomic E-state index is 15.4. The molecule has 3 aromatic rings. The van der Waals surface area contributed by atoms with Crippen molar-refractivity contribution < 1.29 is 13.9 Å². The second-order valence-corrected chi connectivity index (χ2v) is 9.66. The summed E-state index contributed by atoms with van der Waals surface area (Å²) in [6.07, 6.45) is 4.99. The molecule has 4 rings (SSSR count). The van der Waals surface area contributed by atoms with Gasteiger partial charge in [-0.3, -0.25) is 9.20 Å². The molecular formula is C25H31ClFN5O2. The Morgan fingerprint density at radius 3 is 2.76 bits per heavy atom. The lowest BCUT2D eigenvalue weighted by atomic mass is 9.95. The lowest BCUT2D eigenvalue weighted by Crippen LogP contribution is -2.30. The lowest BCUT2D eigenvalue weighted by molar-refractivity contribution is 0.0775. The summed E-state index contributed by atoms with van der Waals surface area (Å²) in [5.41, 5.74) is 8.01. The number of rotatable bonds is 6. The fourth-order valence-corrected chi connectivity index (χ4v) is 4.94. The van der Waals surface area contributed by atoms with E-state index in [0.717, 1.165) is 18.5 Å². The maximum absolute atomic E-state index is 15.4. The van der Waals surface area contributed by atoms with E-state index < -0.39 is 11.7 Å². The highest BCUT2D eigenvalue weighted by atomic mass is 35.5. The summed E-state index contributed by atoms with van der Waals surface area (Å²) in [5, 5.41) is -0.119. The number of hydrogen-bond donors (Lipinski definition) is 1. The number of fused-ring (bicyclic) bond motifs is 1. The predicted octanol–water partition coefficient (Wildman–Crippen LogP) is 5.22. The zero-order valence-electron chi connectivity index (χ0n) is 20.2. The first-order valence-electron chi connectivity index (χ1n) is 11.7. The van der Waals surface area contributed by atoms with Gasteiger partial charge in [0, 0.05) is 37.0 Å². The van der Waals surface area contributed by atoms with E-state index in [9.17, 15) is 4.79 Å². The summed E-state index contributed by atoms with van der Waals surface area (Å²) in [5.74, 6) is 0.153. The van der Waals surface area contributed by atoms with E-state index in [2.05, 4.69) is 11.9 Å². The van der Waals surface area contributed by atoms with Gasteiger partial charge in [-0.15, -0.1) is 0 Å². The van der Waals surface area contributed by atoms with Crippen molar-refractivity contribution >= 4 is 28.8 Å². The number of amides is 1. The van der Waals surface area contributed by atoms with Crippen LogP contribution in [0, 0.1) is 18.7 Å². The van der Waals surface area contributed by atoms with Gasteiger partial charge in [0.1, 0.15) is 28.5 Å². The Labute approximate surface area is 204 Å². The lowest BCUT2D eigenvalue weighted by Gasteiger charge is -2.25. The molecule has 1 aromatic carbocycles. The van der Waals surface area contributed by atoms with Crippen molar-refractivity contribution in [2.24, 2.45) is 5.92 Å². The molecule has 1 amide bonds. The van der Waals surface area contributed by atoms with Gasteiger partial charge in [-0.05, 0) is 39.2 Å². The molecule has 1 fully saturated rings. The van der Waals surface area contributed by atoms with Crippen LogP contribution >= 0.6 is 11.6 Å². The zero-order valence-corrected chi connectivity index (χ0v) is 21.0. The highest BCUT2D eigenvalue weighted by Gasteiger charge is 2.34. The smallest absolute Gasteiger partial charge is 0.260 e. The molecule has 1 aliphatic rings. The minimum Gasteiger partial charge on any atom is -0.490 e. The van der Waals surface area contributed by atoms with E-state index in [1.54, 1.807) is 17.3 Å². The fourth-order valence-electron chi connectivity index (χ4n) is 4.73. The Kier molecular flexibility index (Phi) is 6.71. The highest BCUT2D eigenvalue weighted by molar-refractivity contribution is 6.31. The van der Waals surface area contributed by atoms with Crippen LogP contribution in [0.1, 0.15) is 73.9 Å². The van der Waals surface area contributed by atoms with Gasteiger partial charge < -0.3 is 15.4 Å². The molecule has 0 bridgehead atoms. The number of benzene rings is 1. The monoisotopic (exact) mass is 487 g/mol. The van der Waals surface area contributed by atoms with Crippen LogP contribution in [0.3, 0.4) is 0 Å². The Bertz CT molecular complexity index is 1240. The third-order valence-corrected chi connectivity index (χ3v) is 6.83. The average molecular weight is 488 g/mol. The molecule has 0 saturated carbocycles. The standard InChI is InChI=1S/C25H31ClFN5O2/c1-6-16-7-9-31(12-16)25(33)19-20(27)18(26)11-17(22(19)34-13(2)3)14(4)24-30-15(5)21-23(28)29-8-10-32(21)24/h8,10-11,13-14,16H,6-7,9,12H2,1-5H3,(H2,28,29)/t14-,16-/m0/s1. The number of nitrogens with two attached hydrogens (primary N) is 1. The van der Waals surface area contributed by atoms with Gasteiger partial charge in [0.25, 0.3) is 5.91 Å². The molecule has 0 aliphatic carbocycles. The van der Waals surface area contributed by atoms with Gasteiger partial charge in [0.15, 0.2) is 5.82 Å². The fraction of sp³-hybridized carbons (Fsp3) is 0.480. The van der Waals surface area contributed by atoms with Crippen molar-refractivity contribution in [3.05, 3.63) is 51.9 Å². The summed E-state index contributed by atoms with van der Waals surface area (Å²) < 4.78 is 23.4. The largest absolute Gasteiger partial charge is 0.490 e. The van der Waals surface area contributed by atoms with Crippen LogP contribution in [0.4, 0.5) is 10.2 Å². The third kappa shape index (κ3) is 4.19. The molecule has 1 aliphatic heterocycles. The minimum atomic E-state index is -0.754. The Morgan fingerprint density at radius 2 is 2.12 bits per heavy atom. The first-order chi connectivity index (χ1) is 16.1. The number of halogens is 2. The first kappa shape index (κ1) is 24.3. The number of nitrogen functional groups attached to an aromatic ring is 1. The van der Waals surface area contributed by atoms with Crippen LogP contribution in [0.25, 0.3) is 5.52 Å². The normalized spacial score (nSPS) is 17.1. The summed E-state index contributed by atoms with van der Waals surface area (Å²) >= 11 is 6.36. The summed E-state index contributed by atoms with van der Waals surface area (Å²) in [6.45, 7) is 10.8. The van der Waals surface area contributed by atoms with Gasteiger partial charge in [0.2, 0.25) is 0 Å². The number of likely N-dealkylation sites (tertiary alicyclic amines) is 1. The topological polar surface area (TPSA) is 85.8 Å². The van der Waals surface area contributed by atoms with E-state index >= 15 is 4.39 Å². The van der Waals surface area contributed by atoms with Gasteiger partial charge >= 0.3 is 0 Å². The van der Waals surface area contributed by atoms with E-state index in [1.165, 1.54) is 6.07 Å². The van der Waals surface area contributed by atoms with Crippen molar-refractivity contribution in [2.75, 3.05) is 18.8 Å². The zero-order chi connectivity index (χ0) is 24.7. The number of ether oxygens (including phenoxy) is 1. The molecule has 0 unspecified atom stereocenters. The number of carbonyl (C=O) groups is 1. The van der Waals surface area contributed by atoms with Crippen molar-refractivity contribution in [3.8, 4) is 5.75 Å². The van der Waals surface area contributed by atoms with Crippen molar-refractivity contribution in [1.29, 1.82) is 0 Å². The second kappa shape index (κ2) is 9.41. The summed E-state index contributed by atoms with van der Waals surface area (Å²) in [6, 6.07) is 1.54. The predicted molar refractivity (Wildman–Crippen MR) is 131 cm³/mol. The first-order valence-corrected chi connectivity index (χ1v) is 12.1. The van der Waals surface area contributed by atoms with Crippen LogP contribution in [0.15, 0.2) is 18.5 Å². The molecular weight excluding hydrogens is 457 g/mol. The molecule has 0 radical (unpaired) electrons. The molecule has 1 saturated heterocycles. The highest BCUT2D eigenvalue weighted by Crippen LogP contribution is 2.41. The average Bonchev–Trinajstić information content (AvgIpc) is 3.40. The van der Waals surface area contributed by atoms with E-state index in [4.69, 9.17) is 27.1 Å². The maximum Gasteiger partial charge on any atom is 0.260 e. The van der Waals surface area contributed by atoms with Gasteiger partial charge in [-0.2, -0.15) is 0 Å².